The molecule has 0 spiro atoms. The first-order valence-electron chi connectivity index (χ1n) is 10.5. The van der Waals surface area contributed by atoms with E-state index in [1.807, 2.05) is 42.5 Å². The van der Waals surface area contributed by atoms with Gasteiger partial charge in [-0.2, -0.15) is 0 Å². The van der Waals surface area contributed by atoms with Crippen molar-refractivity contribution < 1.29 is 9.47 Å². The molecule has 0 aliphatic carbocycles. The zero-order valence-electron chi connectivity index (χ0n) is 17.4. The molecule has 0 amide bonds. The van der Waals surface area contributed by atoms with E-state index in [-0.39, 0.29) is 0 Å². The normalized spacial score (nSPS) is 11.0. The van der Waals surface area contributed by atoms with Crippen molar-refractivity contribution in [3.8, 4) is 11.5 Å². The number of likely N-dealkylation sites (N-methyl/N-ethyl adjacent to an activating group) is 1. The van der Waals surface area contributed by atoms with Crippen molar-refractivity contribution in [2.45, 2.75) is 26.6 Å². The number of rotatable bonds is 10. The summed E-state index contributed by atoms with van der Waals surface area (Å²) in [6.45, 7) is 5.09. The van der Waals surface area contributed by atoms with Crippen LogP contribution in [-0.2, 0) is 19.6 Å². The van der Waals surface area contributed by atoms with Gasteiger partial charge in [0.1, 0.15) is 24.7 Å². The van der Waals surface area contributed by atoms with Gasteiger partial charge in [-0.05, 0) is 42.3 Å². The van der Waals surface area contributed by atoms with Crippen LogP contribution in [0.25, 0.3) is 10.9 Å². The first-order chi connectivity index (χ1) is 14.8. The Labute approximate surface area is 177 Å². The molecule has 2 N–H and O–H groups in total. The van der Waals surface area contributed by atoms with Gasteiger partial charge in [-0.3, -0.25) is 0 Å². The first-order valence-corrected chi connectivity index (χ1v) is 10.5. The van der Waals surface area contributed by atoms with Crippen LogP contribution in [0, 0.1) is 0 Å². The van der Waals surface area contributed by atoms with Crippen LogP contribution in [0.5, 0.6) is 11.5 Å². The Balaban J connectivity index is 1.59. The van der Waals surface area contributed by atoms with Crippen molar-refractivity contribution in [1.29, 1.82) is 0 Å². The standard InChI is InChI=1S/C26H28N2O2/c1-2-27-14-13-22-17-28-26-24(22)15-23(29-18-20-9-5-3-6-10-20)16-25(26)30-19-21-11-7-4-8-12-21/h3-12,15-17,27-28H,2,13-14,18-19H2,1H3. The van der Waals surface area contributed by atoms with Crippen LogP contribution in [0.3, 0.4) is 0 Å². The molecular formula is C26H28N2O2. The lowest BCUT2D eigenvalue weighted by molar-refractivity contribution is 0.292. The molecule has 4 rings (SSSR count). The van der Waals surface area contributed by atoms with Gasteiger partial charge in [-0.25, -0.2) is 0 Å². The van der Waals surface area contributed by atoms with Crippen molar-refractivity contribution in [2.24, 2.45) is 0 Å². The number of benzene rings is 3. The summed E-state index contributed by atoms with van der Waals surface area (Å²) in [6, 6.07) is 24.5. The number of fused-ring (bicyclic) bond motifs is 1. The van der Waals surface area contributed by atoms with Crippen molar-refractivity contribution in [1.82, 2.24) is 10.3 Å². The van der Waals surface area contributed by atoms with Crippen molar-refractivity contribution in [3.05, 3.63) is 95.7 Å². The SMILES string of the molecule is CCNCCc1c[nH]c2c(OCc3ccccc3)cc(OCc3ccccc3)cc12. The Morgan fingerprint density at radius 1 is 0.833 bits per heavy atom. The molecule has 154 valence electrons. The maximum atomic E-state index is 6.21. The summed E-state index contributed by atoms with van der Waals surface area (Å²) in [6.07, 6.45) is 3.03. The van der Waals surface area contributed by atoms with Crippen LogP contribution in [-0.4, -0.2) is 18.1 Å². The second kappa shape index (κ2) is 9.99. The predicted molar refractivity (Wildman–Crippen MR) is 122 cm³/mol. The number of ether oxygens (including phenoxy) is 2. The largest absolute Gasteiger partial charge is 0.489 e. The lowest BCUT2D eigenvalue weighted by Gasteiger charge is -2.12. The molecule has 0 saturated carbocycles. The van der Waals surface area contributed by atoms with E-state index in [4.69, 9.17) is 9.47 Å². The Morgan fingerprint density at radius 2 is 1.50 bits per heavy atom. The zero-order chi connectivity index (χ0) is 20.6. The monoisotopic (exact) mass is 400 g/mol. The topological polar surface area (TPSA) is 46.3 Å². The molecule has 3 aromatic carbocycles. The lowest BCUT2D eigenvalue weighted by Crippen LogP contribution is -2.15. The smallest absolute Gasteiger partial charge is 0.147 e. The average Bonchev–Trinajstić information content (AvgIpc) is 3.21. The highest BCUT2D eigenvalue weighted by Crippen LogP contribution is 2.34. The quantitative estimate of drug-likeness (QED) is 0.347. The number of hydrogen-bond donors (Lipinski definition) is 2. The number of nitrogens with one attached hydrogen (secondary N) is 2. The summed E-state index contributed by atoms with van der Waals surface area (Å²) < 4.78 is 12.3. The molecular weight excluding hydrogens is 372 g/mol. The molecule has 0 unspecified atom stereocenters. The molecule has 0 radical (unpaired) electrons. The number of hydrogen-bond acceptors (Lipinski definition) is 3. The van der Waals surface area contributed by atoms with Crippen LogP contribution < -0.4 is 14.8 Å². The third kappa shape index (κ3) is 5.02. The van der Waals surface area contributed by atoms with E-state index in [0.29, 0.717) is 13.2 Å². The lowest BCUT2D eigenvalue weighted by atomic mass is 10.1. The number of H-pyrrole nitrogens is 1. The molecule has 1 aromatic heterocycles. The van der Waals surface area contributed by atoms with Gasteiger partial charge in [0.15, 0.2) is 0 Å². The fourth-order valence-corrected chi connectivity index (χ4v) is 3.51. The van der Waals surface area contributed by atoms with Crippen molar-refractivity contribution in [3.63, 3.8) is 0 Å². The van der Waals surface area contributed by atoms with Gasteiger partial charge in [-0.15, -0.1) is 0 Å². The van der Waals surface area contributed by atoms with Crippen LogP contribution >= 0.6 is 0 Å². The predicted octanol–water partition coefficient (Wildman–Crippen LogP) is 5.48. The molecule has 1 heterocycles. The Kier molecular flexibility index (Phi) is 6.68. The molecule has 0 atom stereocenters. The van der Waals surface area contributed by atoms with Gasteiger partial charge in [0, 0.05) is 17.6 Å². The molecule has 0 bridgehead atoms. The summed E-state index contributed by atoms with van der Waals surface area (Å²) in [7, 11) is 0. The van der Waals surface area contributed by atoms with Crippen LogP contribution in [0.15, 0.2) is 79.0 Å². The first kappa shape index (κ1) is 20.0. The fraction of sp³-hybridized carbons (Fsp3) is 0.231. The molecule has 0 aliphatic rings. The van der Waals surface area contributed by atoms with E-state index in [0.717, 1.165) is 53.0 Å². The van der Waals surface area contributed by atoms with Crippen LogP contribution in [0.1, 0.15) is 23.6 Å². The van der Waals surface area contributed by atoms with Gasteiger partial charge in [0.05, 0.1) is 5.52 Å². The van der Waals surface area contributed by atoms with E-state index >= 15 is 0 Å². The second-order valence-electron chi connectivity index (χ2n) is 7.31. The average molecular weight is 401 g/mol. The minimum absolute atomic E-state index is 0.518. The highest BCUT2D eigenvalue weighted by atomic mass is 16.5. The molecule has 0 fully saturated rings. The minimum Gasteiger partial charge on any atom is -0.489 e. The molecule has 0 saturated heterocycles. The highest BCUT2D eigenvalue weighted by molar-refractivity contribution is 5.90. The zero-order valence-corrected chi connectivity index (χ0v) is 17.4. The molecule has 30 heavy (non-hydrogen) atoms. The van der Waals surface area contributed by atoms with Crippen molar-refractivity contribution >= 4 is 10.9 Å². The van der Waals surface area contributed by atoms with Gasteiger partial charge in [0.2, 0.25) is 0 Å². The molecule has 0 aliphatic heterocycles. The van der Waals surface area contributed by atoms with Gasteiger partial charge in [-0.1, -0.05) is 67.6 Å². The second-order valence-corrected chi connectivity index (χ2v) is 7.31. The van der Waals surface area contributed by atoms with E-state index in [1.165, 1.54) is 5.56 Å². The van der Waals surface area contributed by atoms with Gasteiger partial charge < -0.3 is 19.8 Å². The maximum Gasteiger partial charge on any atom is 0.147 e. The fourth-order valence-electron chi connectivity index (χ4n) is 3.51. The summed E-state index contributed by atoms with van der Waals surface area (Å²) >= 11 is 0. The van der Waals surface area contributed by atoms with Crippen molar-refractivity contribution in [2.75, 3.05) is 13.1 Å². The Hall–Kier alpha value is -3.24. The van der Waals surface area contributed by atoms with Gasteiger partial charge >= 0.3 is 0 Å². The minimum atomic E-state index is 0.518. The third-order valence-corrected chi connectivity index (χ3v) is 5.12. The number of aromatic amines is 1. The van der Waals surface area contributed by atoms with Crippen LogP contribution in [0.2, 0.25) is 0 Å². The van der Waals surface area contributed by atoms with E-state index in [1.54, 1.807) is 0 Å². The summed E-state index contributed by atoms with van der Waals surface area (Å²) in [4.78, 5) is 3.41. The maximum absolute atomic E-state index is 6.21. The van der Waals surface area contributed by atoms with Gasteiger partial charge in [0.25, 0.3) is 0 Å². The summed E-state index contributed by atoms with van der Waals surface area (Å²) in [5, 5.41) is 4.55. The third-order valence-electron chi connectivity index (χ3n) is 5.12. The van der Waals surface area contributed by atoms with E-state index in [2.05, 4.69) is 53.8 Å². The summed E-state index contributed by atoms with van der Waals surface area (Å²) in [5.41, 5.74) is 4.57. The van der Waals surface area contributed by atoms with E-state index < -0.39 is 0 Å². The molecule has 4 nitrogen and oxygen atoms in total. The molecule has 4 heteroatoms. The van der Waals surface area contributed by atoms with E-state index in [9.17, 15) is 0 Å². The Morgan fingerprint density at radius 3 is 2.17 bits per heavy atom. The summed E-state index contributed by atoms with van der Waals surface area (Å²) in [5.74, 6) is 1.63. The number of aromatic nitrogens is 1. The molecule has 4 aromatic rings. The highest BCUT2D eigenvalue weighted by Gasteiger charge is 2.12. The Bertz CT molecular complexity index is 1060. The van der Waals surface area contributed by atoms with Crippen LogP contribution in [0.4, 0.5) is 0 Å².